The van der Waals surface area contributed by atoms with Crippen LogP contribution in [-0.2, 0) is 4.79 Å². The van der Waals surface area contributed by atoms with E-state index in [2.05, 4.69) is 19.2 Å². The third kappa shape index (κ3) is 4.10. The molecule has 0 atom stereocenters. The molecule has 1 amide bonds. The highest BCUT2D eigenvalue weighted by Crippen LogP contribution is 2.22. The number of aryl methyl sites for hydroxylation is 2. The molecule has 1 N–H and O–H groups in total. The Hall–Kier alpha value is -2.29. The summed E-state index contributed by atoms with van der Waals surface area (Å²) in [6.45, 7) is 8.26. The second-order valence-electron chi connectivity index (χ2n) is 5.83. The van der Waals surface area contributed by atoms with Gasteiger partial charge in [-0.1, -0.05) is 44.2 Å². The standard InChI is InChI=1S/C19H23NO2/c1-13(2)16-8-10-17(11-9-16)20-18(21)12-22-19-14(3)6-5-7-15(19)4/h5-11,13H,12H2,1-4H3,(H,20,21). The fourth-order valence-corrected chi connectivity index (χ4v) is 2.31. The lowest BCUT2D eigenvalue weighted by atomic mass is 10.0. The third-order valence-corrected chi connectivity index (χ3v) is 3.62. The van der Waals surface area contributed by atoms with E-state index in [0.717, 1.165) is 22.6 Å². The number of hydrogen-bond acceptors (Lipinski definition) is 2. The highest BCUT2D eigenvalue weighted by atomic mass is 16.5. The first-order valence-corrected chi connectivity index (χ1v) is 7.56. The number of ether oxygens (including phenoxy) is 1. The van der Waals surface area contributed by atoms with Gasteiger partial charge in [0.25, 0.3) is 5.91 Å². The molecular formula is C19H23NO2. The summed E-state index contributed by atoms with van der Waals surface area (Å²) in [7, 11) is 0. The molecule has 2 aromatic carbocycles. The van der Waals surface area contributed by atoms with E-state index >= 15 is 0 Å². The smallest absolute Gasteiger partial charge is 0.262 e. The average molecular weight is 297 g/mol. The Labute approximate surface area is 132 Å². The number of rotatable bonds is 5. The predicted octanol–water partition coefficient (Wildman–Crippen LogP) is 4.44. The van der Waals surface area contributed by atoms with Crippen molar-refractivity contribution in [1.29, 1.82) is 0 Å². The number of benzene rings is 2. The zero-order valence-electron chi connectivity index (χ0n) is 13.6. The highest BCUT2D eigenvalue weighted by molar-refractivity contribution is 5.91. The number of nitrogens with one attached hydrogen (secondary N) is 1. The van der Waals surface area contributed by atoms with Crippen molar-refractivity contribution in [1.82, 2.24) is 0 Å². The topological polar surface area (TPSA) is 38.3 Å². The van der Waals surface area contributed by atoms with Gasteiger partial charge >= 0.3 is 0 Å². The fraction of sp³-hybridized carbons (Fsp3) is 0.316. The van der Waals surface area contributed by atoms with Gasteiger partial charge in [0, 0.05) is 5.69 Å². The lowest BCUT2D eigenvalue weighted by Crippen LogP contribution is -2.20. The molecule has 0 aliphatic heterocycles. The summed E-state index contributed by atoms with van der Waals surface area (Å²) in [5.74, 6) is 1.12. The molecule has 0 aromatic heterocycles. The highest BCUT2D eigenvalue weighted by Gasteiger charge is 2.08. The second kappa shape index (κ2) is 7.12. The maximum atomic E-state index is 12.0. The molecule has 0 heterocycles. The average Bonchev–Trinajstić information content (AvgIpc) is 2.47. The quantitative estimate of drug-likeness (QED) is 0.885. The normalized spacial score (nSPS) is 10.6. The van der Waals surface area contributed by atoms with Gasteiger partial charge in [0.1, 0.15) is 5.75 Å². The van der Waals surface area contributed by atoms with Crippen LogP contribution >= 0.6 is 0 Å². The maximum Gasteiger partial charge on any atom is 0.262 e. The van der Waals surface area contributed by atoms with Crippen LogP contribution in [0.1, 0.15) is 36.5 Å². The van der Waals surface area contributed by atoms with Crippen LogP contribution in [0.15, 0.2) is 42.5 Å². The van der Waals surface area contributed by atoms with E-state index in [9.17, 15) is 4.79 Å². The molecule has 3 heteroatoms. The zero-order chi connectivity index (χ0) is 16.1. The first-order valence-electron chi connectivity index (χ1n) is 7.56. The summed E-state index contributed by atoms with van der Waals surface area (Å²) in [6.07, 6.45) is 0. The van der Waals surface area contributed by atoms with Crippen LogP contribution in [0.2, 0.25) is 0 Å². The Bertz CT molecular complexity index is 625. The van der Waals surface area contributed by atoms with E-state index in [1.165, 1.54) is 5.56 Å². The van der Waals surface area contributed by atoms with Crippen molar-refractivity contribution in [2.75, 3.05) is 11.9 Å². The first kappa shape index (κ1) is 16.1. The van der Waals surface area contributed by atoms with Gasteiger partial charge in [0.05, 0.1) is 0 Å². The fourth-order valence-electron chi connectivity index (χ4n) is 2.31. The minimum atomic E-state index is -0.153. The molecule has 22 heavy (non-hydrogen) atoms. The predicted molar refractivity (Wildman–Crippen MR) is 90.6 cm³/mol. The Morgan fingerprint density at radius 3 is 2.18 bits per heavy atom. The van der Waals surface area contributed by atoms with Crippen LogP contribution in [0, 0.1) is 13.8 Å². The Morgan fingerprint density at radius 1 is 1.05 bits per heavy atom. The number of para-hydroxylation sites is 1. The van der Waals surface area contributed by atoms with Gasteiger partial charge < -0.3 is 10.1 Å². The van der Waals surface area contributed by atoms with Crippen molar-refractivity contribution in [3.8, 4) is 5.75 Å². The molecule has 0 unspecified atom stereocenters. The molecule has 0 bridgehead atoms. The van der Waals surface area contributed by atoms with E-state index in [1.54, 1.807) is 0 Å². The van der Waals surface area contributed by atoms with Gasteiger partial charge in [0.2, 0.25) is 0 Å². The van der Waals surface area contributed by atoms with Crippen molar-refractivity contribution in [2.45, 2.75) is 33.6 Å². The molecule has 116 valence electrons. The van der Waals surface area contributed by atoms with Crippen LogP contribution in [0.25, 0.3) is 0 Å². The van der Waals surface area contributed by atoms with Crippen molar-refractivity contribution in [2.24, 2.45) is 0 Å². The van der Waals surface area contributed by atoms with Gasteiger partial charge in [-0.3, -0.25) is 4.79 Å². The first-order chi connectivity index (χ1) is 10.5. The van der Waals surface area contributed by atoms with Crippen LogP contribution in [0.5, 0.6) is 5.75 Å². The van der Waals surface area contributed by atoms with Crippen LogP contribution < -0.4 is 10.1 Å². The molecule has 0 saturated heterocycles. The number of anilines is 1. The number of carbonyl (C=O) groups excluding carboxylic acids is 1. The van der Waals surface area contributed by atoms with E-state index in [1.807, 2.05) is 56.3 Å². The number of amides is 1. The Balaban J connectivity index is 1.93. The molecule has 0 radical (unpaired) electrons. The van der Waals surface area contributed by atoms with Gasteiger partial charge in [-0.25, -0.2) is 0 Å². The van der Waals surface area contributed by atoms with Crippen molar-refractivity contribution in [3.63, 3.8) is 0 Å². The molecule has 2 aromatic rings. The van der Waals surface area contributed by atoms with Crippen LogP contribution in [0.4, 0.5) is 5.69 Å². The lowest BCUT2D eigenvalue weighted by molar-refractivity contribution is -0.118. The van der Waals surface area contributed by atoms with Crippen LogP contribution in [0.3, 0.4) is 0 Å². The van der Waals surface area contributed by atoms with Gasteiger partial charge in [-0.15, -0.1) is 0 Å². The molecule has 0 aliphatic carbocycles. The second-order valence-corrected chi connectivity index (χ2v) is 5.83. The molecule has 3 nitrogen and oxygen atoms in total. The van der Waals surface area contributed by atoms with E-state index in [4.69, 9.17) is 4.74 Å². The Kier molecular flexibility index (Phi) is 5.21. The Morgan fingerprint density at radius 2 is 1.64 bits per heavy atom. The summed E-state index contributed by atoms with van der Waals surface area (Å²) in [4.78, 5) is 12.0. The molecule has 0 aliphatic rings. The zero-order valence-corrected chi connectivity index (χ0v) is 13.6. The van der Waals surface area contributed by atoms with Crippen molar-refractivity contribution in [3.05, 3.63) is 59.2 Å². The molecule has 0 saturated carbocycles. The molecular weight excluding hydrogens is 274 g/mol. The molecule has 2 rings (SSSR count). The van der Waals surface area contributed by atoms with Gasteiger partial charge in [0.15, 0.2) is 6.61 Å². The maximum absolute atomic E-state index is 12.0. The summed E-state index contributed by atoms with van der Waals surface area (Å²) < 4.78 is 5.65. The lowest BCUT2D eigenvalue weighted by Gasteiger charge is -2.12. The minimum absolute atomic E-state index is 0.0115. The van der Waals surface area contributed by atoms with Crippen molar-refractivity contribution >= 4 is 11.6 Å². The SMILES string of the molecule is Cc1cccc(C)c1OCC(=O)Nc1ccc(C(C)C)cc1. The number of hydrogen-bond donors (Lipinski definition) is 1. The van der Waals surface area contributed by atoms with Gasteiger partial charge in [-0.05, 0) is 48.6 Å². The van der Waals surface area contributed by atoms with Gasteiger partial charge in [-0.2, -0.15) is 0 Å². The summed E-state index contributed by atoms with van der Waals surface area (Å²) in [5, 5.41) is 2.85. The van der Waals surface area contributed by atoms with E-state index < -0.39 is 0 Å². The van der Waals surface area contributed by atoms with Crippen LogP contribution in [-0.4, -0.2) is 12.5 Å². The number of carbonyl (C=O) groups is 1. The van der Waals surface area contributed by atoms with Crippen molar-refractivity contribution < 1.29 is 9.53 Å². The largest absolute Gasteiger partial charge is 0.483 e. The monoisotopic (exact) mass is 297 g/mol. The summed E-state index contributed by atoms with van der Waals surface area (Å²) in [6, 6.07) is 13.8. The minimum Gasteiger partial charge on any atom is -0.483 e. The third-order valence-electron chi connectivity index (χ3n) is 3.62. The molecule has 0 fully saturated rings. The van der Waals surface area contributed by atoms with E-state index in [0.29, 0.717) is 5.92 Å². The molecule has 0 spiro atoms. The summed E-state index contributed by atoms with van der Waals surface area (Å²) >= 11 is 0. The van der Waals surface area contributed by atoms with E-state index in [-0.39, 0.29) is 12.5 Å². The summed E-state index contributed by atoms with van der Waals surface area (Å²) in [5.41, 5.74) is 4.12.